The zero-order valence-electron chi connectivity index (χ0n) is 9.94. The van der Waals surface area contributed by atoms with Crippen LogP contribution in [0.2, 0.25) is 0 Å². The Kier molecular flexibility index (Phi) is 5.02. The van der Waals surface area contributed by atoms with Gasteiger partial charge in [-0.2, -0.15) is 5.26 Å². The number of nitrogens with one attached hydrogen (secondary N) is 1. The molecule has 0 aliphatic rings. The third-order valence-corrected chi connectivity index (χ3v) is 2.54. The topological polar surface area (TPSA) is 78.9 Å². The maximum absolute atomic E-state index is 11.7. The third kappa shape index (κ3) is 4.56. The molecule has 17 heavy (non-hydrogen) atoms. The van der Waals surface area contributed by atoms with Crippen LogP contribution in [0.25, 0.3) is 0 Å². The molecule has 4 nitrogen and oxygen atoms in total. The second-order valence-corrected chi connectivity index (χ2v) is 3.95. The minimum Gasteiger partial charge on any atom is -0.399 e. The molecule has 1 unspecified atom stereocenters. The molecule has 0 aliphatic heterocycles. The van der Waals surface area contributed by atoms with Crippen LogP contribution in [0, 0.1) is 11.3 Å². The highest BCUT2D eigenvalue weighted by Gasteiger charge is 2.10. The first-order chi connectivity index (χ1) is 8.15. The fourth-order valence-electron chi connectivity index (χ4n) is 1.51. The Morgan fingerprint density at radius 3 is 2.65 bits per heavy atom. The SMILES string of the molecule is CCC(CC#N)NC(=O)Cc1ccc(N)cc1. The minimum atomic E-state index is -0.0585. The van der Waals surface area contributed by atoms with Gasteiger partial charge in [0.2, 0.25) is 5.91 Å². The van der Waals surface area contributed by atoms with Crippen LogP contribution in [0.5, 0.6) is 0 Å². The number of hydrogen-bond donors (Lipinski definition) is 2. The first-order valence-electron chi connectivity index (χ1n) is 5.66. The largest absolute Gasteiger partial charge is 0.399 e. The van der Waals surface area contributed by atoms with Crippen LogP contribution < -0.4 is 11.1 Å². The lowest BCUT2D eigenvalue weighted by atomic mass is 10.1. The van der Waals surface area contributed by atoms with Crippen LogP contribution in [0.4, 0.5) is 5.69 Å². The molecule has 4 heteroatoms. The smallest absolute Gasteiger partial charge is 0.224 e. The lowest BCUT2D eigenvalue weighted by Crippen LogP contribution is -2.35. The predicted octanol–water partition coefficient (Wildman–Crippen LogP) is 1.62. The third-order valence-electron chi connectivity index (χ3n) is 2.54. The van der Waals surface area contributed by atoms with Crippen LogP contribution in [-0.2, 0) is 11.2 Å². The first kappa shape index (κ1) is 13.0. The van der Waals surface area contributed by atoms with Gasteiger partial charge in [0.05, 0.1) is 18.9 Å². The molecule has 1 rings (SSSR count). The summed E-state index contributed by atoms with van der Waals surface area (Å²) in [6, 6.07) is 9.22. The molecular weight excluding hydrogens is 214 g/mol. The van der Waals surface area contributed by atoms with Crippen molar-refractivity contribution in [2.75, 3.05) is 5.73 Å². The Morgan fingerprint density at radius 2 is 2.12 bits per heavy atom. The summed E-state index contributed by atoms with van der Waals surface area (Å²) in [4.78, 5) is 11.7. The zero-order chi connectivity index (χ0) is 12.7. The van der Waals surface area contributed by atoms with Gasteiger partial charge in [0, 0.05) is 11.7 Å². The number of rotatable bonds is 5. The number of carbonyl (C=O) groups is 1. The second kappa shape index (κ2) is 6.54. The molecule has 0 aliphatic carbocycles. The summed E-state index contributed by atoms with van der Waals surface area (Å²) < 4.78 is 0. The van der Waals surface area contributed by atoms with E-state index in [9.17, 15) is 4.79 Å². The minimum absolute atomic E-state index is 0.0544. The molecule has 0 saturated heterocycles. The van der Waals surface area contributed by atoms with Crippen LogP contribution in [-0.4, -0.2) is 11.9 Å². The van der Waals surface area contributed by atoms with E-state index in [1.54, 1.807) is 12.1 Å². The number of nitriles is 1. The highest BCUT2D eigenvalue weighted by Crippen LogP contribution is 2.06. The van der Waals surface area contributed by atoms with E-state index in [1.165, 1.54) is 0 Å². The zero-order valence-corrected chi connectivity index (χ0v) is 9.94. The maximum atomic E-state index is 11.7. The van der Waals surface area contributed by atoms with Gasteiger partial charge in [-0.25, -0.2) is 0 Å². The first-order valence-corrected chi connectivity index (χ1v) is 5.66. The van der Waals surface area contributed by atoms with Crippen molar-refractivity contribution >= 4 is 11.6 Å². The molecule has 0 spiro atoms. The summed E-state index contributed by atoms with van der Waals surface area (Å²) in [6.07, 6.45) is 1.44. The van der Waals surface area contributed by atoms with E-state index in [0.717, 1.165) is 12.0 Å². The highest BCUT2D eigenvalue weighted by molar-refractivity contribution is 5.79. The Labute approximate surface area is 101 Å². The van der Waals surface area contributed by atoms with Gasteiger partial charge >= 0.3 is 0 Å². The van der Waals surface area contributed by atoms with E-state index >= 15 is 0 Å². The van der Waals surface area contributed by atoms with Gasteiger partial charge in [-0.1, -0.05) is 19.1 Å². The predicted molar refractivity (Wildman–Crippen MR) is 67.0 cm³/mol. The van der Waals surface area contributed by atoms with E-state index in [1.807, 2.05) is 19.1 Å². The van der Waals surface area contributed by atoms with Gasteiger partial charge in [0.25, 0.3) is 0 Å². The van der Waals surface area contributed by atoms with Crippen molar-refractivity contribution in [1.29, 1.82) is 5.26 Å². The molecule has 90 valence electrons. The van der Waals surface area contributed by atoms with Crippen molar-refractivity contribution in [3.63, 3.8) is 0 Å². The average molecular weight is 231 g/mol. The fraction of sp³-hybridized carbons (Fsp3) is 0.385. The van der Waals surface area contributed by atoms with Crippen molar-refractivity contribution < 1.29 is 4.79 Å². The number of nitrogen functional groups attached to an aromatic ring is 1. The van der Waals surface area contributed by atoms with E-state index < -0.39 is 0 Å². The molecule has 1 aromatic carbocycles. The van der Waals surface area contributed by atoms with Gasteiger partial charge in [-0.3, -0.25) is 4.79 Å². The molecule has 1 aromatic rings. The number of nitrogens with zero attached hydrogens (tertiary/aromatic N) is 1. The van der Waals surface area contributed by atoms with Crippen LogP contribution in [0.1, 0.15) is 25.3 Å². The van der Waals surface area contributed by atoms with Gasteiger partial charge in [-0.05, 0) is 24.1 Å². The lowest BCUT2D eigenvalue weighted by Gasteiger charge is -2.13. The molecule has 0 bridgehead atoms. The lowest BCUT2D eigenvalue weighted by molar-refractivity contribution is -0.121. The van der Waals surface area contributed by atoms with E-state index in [-0.39, 0.29) is 11.9 Å². The summed E-state index contributed by atoms with van der Waals surface area (Å²) in [5, 5.41) is 11.4. The molecule has 1 atom stereocenters. The van der Waals surface area contributed by atoms with Crippen LogP contribution in [0.3, 0.4) is 0 Å². The van der Waals surface area contributed by atoms with Gasteiger partial charge in [0.1, 0.15) is 0 Å². The monoisotopic (exact) mass is 231 g/mol. The quantitative estimate of drug-likeness (QED) is 0.756. The molecule has 0 radical (unpaired) electrons. The average Bonchev–Trinajstić information content (AvgIpc) is 2.31. The Hall–Kier alpha value is -2.02. The van der Waals surface area contributed by atoms with Gasteiger partial charge in [-0.15, -0.1) is 0 Å². The normalized spacial score (nSPS) is 11.5. The highest BCUT2D eigenvalue weighted by atomic mass is 16.1. The Bertz CT molecular complexity index is 406. The van der Waals surface area contributed by atoms with Crippen molar-refractivity contribution in [2.24, 2.45) is 0 Å². The van der Waals surface area contributed by atoms with Crippen molar-refractivity contribution in [3.05, 3.63) is 29.8 Å². The number of hydrogen-bond acceptors (Lipinski definition) is 3. The van der Waals surface area contributed by atoms with Crippen molar-refractivity contribution in [3.8, 4) is 6.07 Å². The summed E-state index contributed by atoms with van der Waals surface area (Å²) in [6.45, 7) is 1.95. The molecule has 0 heterocycles. The van der Waals surface area contributed by atoms with Gasteiger partial charge < -0.3 is 11.1 Å². The molecule has 1 amide bonds. The number of benzene rings is 1. The molecule has 3 N–H and O–H groups in total. The van der Waals surface area contributed by atoms with E-state index in [2.05, 4.69) is 11.4 Å². The Balaban J connectivity index is 2.49. The number of carbonyl (C=O) groups excluding carboxylic acids is 1. The Morgan fingerprint density at radius 1 is 1.47 bits per heavy atom. The summed E-state index contributed by atoms with van der Waals surface area (Å²) in [7, 11) is 0. The molecule has 0 saturated carbocycles. The number of nitrogens with two attached hydrogens (primary N) is 1. The van der Waals surface area contributed by atoms with E-state index in [0.29, 0.717) is 18.5 Å². The summed E-state index contributed by atoms with van der Waals surface area (Å²) in [5.74, 6) is -0.0585. The summed E-state index contributed by atoms with van der Waals surface area (Å²) in [5.41, 5.74) is 7.17. The molecule has 0 fully saturated rings. The van der Waals surface area contributed by atoms with Crippen molar-refractivity contribution in [2.45, 2.75) is 32.2 Å². The number of anilines is 1. The molecular formula is C13H17N3O. The van der Waals surface area contributed by atoms with Gasteiger partial charge in [0.15, 0.2) is 0 Å². The van der Waals surface area contributed by atoms with Crippen molar-refractivity contribution in [1.82, 2.24) is 5.32 Å². The van der Waals surface area contributed by atoms with Crippen LogP contribution in [0.15, 0.2) is 24.3 Å². The van der Waals surface area contributed by atoms with E-state index in [4.69, 9.17) is 11.0 Å². The van der Waals surface area contributed by atoms with Crippen LogP contribution >= 0.6 is 0 Å². The molecule has 0 aromatic heterocycles. The fourth-order valence-corrected chi connectivity index (χ4v) is 1.51. The number of amides is 1. The summed E-state index contributed by atoms with van der Waals surface area (Å²) >= 11 is 0. The second-order valence-electron chi connectivity index (χ2n) is 3.95. The standard InChI is InChI=1S/C13H17N3O/c1-2-12(7-8-14)16-13(17)9-10-3-5-11(15)6-4-10/h3-6,12H,2,7,9,15H2,1H3,(H,16,17). The maximum Gasteiger partial charge on any atom is 0.224 e.